The number of likely N-dealkylation sites (N-methyl/N-ethyl adjacent to an activating group) is 1. The molecule has 1 aromatic rings. The number of anilines is 1. The number of nitrogens with one attached hydrogen (secondary N) is 2. The molecule has 0 bridgehead atoms. The number of hydrogen-bond acceptors (Lipinski definition) is 4. The lowest BCUT2D eigenvalue weighted by molar-refractivity contribution is 0.0908. The molecule has 17 heavy (non-hydrogen) atoms. The van der Waals surface area contributed by atoms with E-state index in [1.165, 1.54) is 0 Å². The molecule has 0 aromatic carbocycles. The van der Waals surface area contributed by atoms with Crippen LogP contribution in [0, 0.1) is 6.92 Å². The lowest BCUT2D eigenvalue weighted by atomic mass is 10.1. The third kappa shape index (κ3) is 2.58. The smallest absolute Gasteiger partial charge is 0.274 e. The Morgan fingerprint density at radius 3 is 3.00 bits per heavy atom. The molecule has 1 fully saturated rings. The first-order valence-corrected chi connectivity index (χ1v) is 5.87. The molecule has 1 atom stereocenters. The molecule has 6 nitrogen and oxygen atoms in total. The van der Waals surface area contributed by atoms with Gasteiger partial charge in [-0.25, -0.2) is 0 Å². The minimum atomic E-state index is -0.188. The lowest BCUT2D eigenvalue weighted by Gasteiger charge is -2.29. The molecule has 0 saturated carbocycles. The molecule has 1 saturated heterocycles. The fraction of sp³-hybridized carbons (Fsp3) is 0.636. The Balaban J connectivity index is 1.99. The van der Waals surface area contributed by atoms with E-state index < -0.39 is 0 Å². The zero-order valence-corrected chi connectivity index (χ0v) is 10.3. The third-order valence-electron chi connectivity index (χ3n) is 3.17. The summed E-state index contributed by atoms with van der Waals surface area (Å²) < 4.78 is 0. The normalized spacial score (nSPS) is 21.4. The molecule has 2 rings (SSSR count). The Bertz CT molecular complexity index is 414. The molecular formula is C11H19N5O. The monoisotopic (exact) mass is 237 g/mol. The van der Waals surface area contributed by atoms with E-state index in [-0.39, 0.29) is 11.9 Å². The van der Waals surface area contributed by atoms with Gasteiger partial charge in [0.25, 0.3) is 5.91 Å². The number of likely N-dealkylation sites (tertiary alicyclic amines) is 1. The summed E-state index contributed by atoms with van der Waals surface area (Å²) in [7, 11) is 2.06. The Labute approximate surface area is 101 Å². The van der Waals surface area contributed by atoms with Gasteiger partial charge < -0.3 is 16.0 Å². The van der Waals surface area contributed by atoms with Gasteiger partial charge in [-0.1, -0.05) is 0 Å². The first kappa shape index (κ1) is 11.9. The van der Waals surface area contributed by atoms with Crippen LogP contribution in [0.15, 0.2) is 0 Å². The Morgan fingerprint density at radius 2 is 2.41 bits per heavy atom. The summed E-state index contributed by atoms with van der Waals surface area (Å²) in [6, 6.07) is 0.192. The summed E-state index contributed by atoms with van der Waals surface area (Å²) in [5.41, 5.74) is 7.24. The molecule has 1 aliphatic heterocycles. The molecule has 0 spiro atoms. The second-order valence-electron chi connectivity index (χ2n) is 4.69. The van der Waals surface area contributed by atoms with Crippen molar-refractivity contribution in [1.29, 1.82) is 0 Å². The number of carbonyl (C=O) groups excluding carboxylic acids is 1. The van der Waals surface area contributed by atoms with Gasteiger partial charge >= 0.3 is 0 Å². The maximum Gasteiger partial charge on any atom is 0.274 e. The van der Waals surface area contributed by atoms with Crippen molar-refractivity contribution in [2.75, 3.05) is 25.9 Å². The summed E-state index contributed by atoms with van der Waals surface area (Å²) in [5, 5.41) is 9.62. The van der Waals surface area contributed by atoms with E-state index in [1.807, 2.05) is 0 Å². The van der Waals surface area contributed by atoms with Gasteiger partial charge in [0, 0.05) is 12.6 Å². The van der Waals surface area contributed by atoms with Crippen molar-refractivity contribution < 1.29 is 4.79 Å². The zero-order chi connectivity index (χ0) is 12.4. The van der Waals surface area contributed by atoms with E-state index in [4.69, 9.17) is 5.73 Å². The summed E-state index contributed by atoms with van der Waals surface area (Å²) in [6.07, 6.45) is 2.12. The standard InChI is InChI=1S/C11H19N5O/c1-7-9(12)10(15-14-7)11(17)13-8-4-3-5-16(2)6-8/h8H,3-6,12H2,1-2H3,(H,13,17)(H,14,15). The number of aromatic amines is 1. The molecule has 1 aromatic heterocycles. The van der Waals surface area contributed by atoms with Crippen molar-refractivity contribution in [3.8, 4) is 0 Å². The van der Waals surface area contributed by atoms with Crippen LogP contribution in [0.2, 0.25) is 0 Å². The van der Waals surface area contributed by atoms with Gasteiger partial charge in [-0.15, -0.1) is 0 Å². The van der Waals surface area contributed by atoms with Crippen LogP contribution in [0.25, 0.3) is 0 Å². The second kappa shape index (κ2) is 4.75. The first-order valence-electron chi connectivity index (χ1n) is 5.87. The topological polar surface area (TPSA) is 87.0 Å². The number of nitrogen functional groups attached to an aromatic ring is 1. The Morgan fingerprint density at radius 1 is 1.65 bits per heavy atom. The molecule has 1 amide bonds. The highest BCUT2D eigenvalue weighted by atomic mass is 16.2. The summed E-state index contributed by atoms with van der Waals surface area (Å²) >= 11 is 0. The number of carbonyl (C=O) groups is 1. The number of hydrogen-bond donors (Lipinski definition) is 3. The number of aromatic nitrogens is 2. The molecule has 94 valence electrons. The number of aryl methyl sites for hydroxylation is 1. The molecular weight excluding hydrogens is 218 g/mol. The van der Waals surface area contributed by atoms with Crippen LogP contribution < -0.4 is 11.1 Å². The Hall–Kier alpha value is -1.56. The lowest BCUT2D eigenvalue weighted by Crippen LogP contribution is -2.46. The van der Waals surface area contributed by atoms with E-state index in [9.17, 15) is 4.79 Å². The molecule has 2 heterocycles. The highest BCUT2D eigenvalue weighted by Gasteiger charge is 2.22. The number of H-pyrrole nitrogens is 1. The van der Waals surface area contributed by atoms with Crippen molar-refractivity contribution in [3.05, 3.63) is 11.4 Å². The predicted octanol–water partition coefficient (Wildman–Crippen LogP) is 0.124. The molecule has 0 radical (unpaired) electrons. The van der Waals surface area contributed by atoms with Crippen LogP contribution in [0.4, 0.5) is 5.69 Å². The van der Waals surface area contributed by atoms with E-state index in [0.717, 1.165) is 31.6 Å². The van der Waals surface area contributed by atoms with E-state index in [0.29, 0.717) is 11.4 Å². The average Bonchev–Trinajstić information content (AvgIpc) is 2.60. The van der Waals surface area contributed by atoms with Gasteiger partial charge in [0.2, 0.25) is 0 Å². The minimum absolute atomic E-state index is 0.188. The van der Waals surface area contributed by atoms with Crippen molar-refractivity contribution in [3.63, 3.8) is 0 Å². The van der Waals surface area contributed by atoms with Crippen LogP contribution in [0.1, 0.15) is 29.0 Å². The fourth-order valence-electron chi connectivity index (χ4n) is 2.15. The highest BCUT2D eigenvalue weighted by Crippen LogP contribution is 2.14. The molecule has 0 aliphatic carbocycles. The molecule has 1 unspecified atom stereocenters. The second-order valence-corrected chi connectivity index (χ2v) is 4.69. The average molecular weight is 237 g/mol. The van der Waals surface area contributed by atoms with Crippen molar-refractivity contribution in [2.45, 2.75) is 25.8 Å². The van der Waals surface area contributed by atoms with Crippen molar-refractivity contribution >= 4 is 11.6 Å². The fourth-order valence-corrected chi connectivity index (χ4v) is 2.15. The summed E-state index contributed by atoms with van der Waals surface area (Å²) in [6.45, 7) is 3.78. The van der Waals surface area contributed by atoms with Gasteiger partial charge in [0.05, 0.1) is 11.4 Å². The number of nitrogens with two attached hydrogens (primary N) is 1. The predicted molar refractivity (Wildman–Crippen MR) is 65.7 cm³/mol. The number of rotatable bonds is 2. The van der Waals surface area contributed by atoms with Gasteiger partial charge in [-0.3, -0.25) is 9.89 Å². The SMILES string of the molecule is Cc1[nH]nc(C(=O)NC2CCCN(C)C2)c1N. The van der Waals surface area contributed by atoms with Crippen LogP contribution in [0.5, 0.6) is 0 Å². The third-order valence-corrected chi connectivity index (χ3v) is 3.17. The van der Waals surface area contributed by atoms with Crippen LogP contribution >= 0.6 is 0 Å². The van der Waals surface area contributed by atoms with E-state index >= 15 is 0 Å². The largest absolute Gasteiger partial charge is 0.395 e. The summed E-state index contributed by atoms with van der Waals surface area (Å²) in [4.78, 5) is 14.2. The van der Waals surface area contributed by atoms with E-state index in [2.05, 4.69) is 27.5 Å². The summed E-state index contributed by atoms with van der Waals surface area (Å²) in [5.74, 6) is -0.188. The number of nitrogens with zero attached hydrogens (tertiary/aromatic N) is 2. The van der Waals surface area contributed by atoms with Gasteiger partial charge in [-0.05, 0) is 33.4 Å². The highest BCUT2D eigenvalue weighted by molar-refractivity contribution is 5.97. The first-order chi connectivity index (χ1) is 8.08. The van der Waals surface area contributed by atoms with Gasteiger partial charge in [-0.2, -0.15) is 5.10 Å². The molecule has 6 heteroatoms. The zero-order valence-electron chi connectivity index (χ0n) is 10.3. The van der Waals surface area contributed by atoms with Gasteiger partial charge in [0.1, 0.15) is 0 Å². The maximum atomic E-state index is 12.0. The van der Waals surface area contributed by atoms with Crippen LogP contribution in [-0.4, -0.2) is 47.2 Å². The number of amides is 1. The maximum absolute atomic E-state index is 12.0. The van der Waals surface area contributed by atoms with Crippen molar-refractivity contribution in [2.24, 2.45) is 0 Å². The van der Waals surface area contributed by atoms with Gasteiger partial charge in [0.15, 0.2) is 5.69 Å². The van der Waals surface area contributed by atoms with Crippen LogP contribution in [-0.2, 0) is 0 Å². The molecule has 1 aliphatic rings. The molecule has 4 N–H and O–H groups in total. The quantitative estimate of drug-likeness (QED) is 0.682. The van der Waals surface area contributed by atoms with E-state index in [1.54, 1.807) is 6.92 Å². The minimum Gasteiger partial charge on any atom is -0.395 e. The van der Waals surface area contributed by atoms with Crippen LogP contribution in [0.3, 0.4) is 0 Å². The Kier molecular flexibility index (Phi) is 3.33. The van der Waals surface area contributed by atoms with Crippen molar-refractivity contribution in [1.82, 2.24) is 20.4 Å². The number of piperidine rings is 1.